The summed E-state index contributed by atoms with van der Waals surface area (Å²) in [6.07, 6.45) is 3.54. The molecule has 1 aliphatic rings. The number of benzene rings is 1. The number of nitrogens with zero attached hydrogens (tertiary/aromatic N) is 3. The van der Waals surface area contributed by atoms with E-state index in [0.29, 0.717) is 5.88 Å². The maximum atomic E-state index is 13.2. The molecule has 8 heteroatoms. The second-order valence-electron chi connectivity index (χ2n) is 12.6. The van der Waals surface area contributed by atoms with Gasteiger partial charge in [-0.3, -0.25) is 10.1 Å². The molecule has 1 amide bonds. The van der Waals surface area contributed by atoms with Gasteiger partial charge < -0.3 is 9.67 Å². The standard InChI is InChI=1S/C28H40N4O3S/c1-26(2,3)15-23-29-20-13-19(11-12-21(20)32(23)16-18-9-10-18)36-28(6,7)25(34)30-24-14-22(31(8)35-24)27(4,5)17-33/h11-14,18,33H,9-10,15-17H2,1-8H3/p+1. The summed E-state index contributed by atoms with van der Waals surface area (Å²) in [6, 6.07) is 8.15. The molecule has 0 spiro atoms. The van der Waals surface area contributed by atoms with Crippen molar-refractivity contribution in [2.75, 3.05) is 11.9 Å². The first-order valence-corrected chi connectivity index (χ1v) is 13.6. The summed E-state index contributed by atoms with van der Waals surface area (Å²) < 4.78 is 8.98. The van der Waals surface area contributed by atoms with Crippen LogP contribution in [0.25, 0.3) is 11.0 Å². The van der Waals surface area contributed by atoms with Crippen molar-refractivity contribution in [3.05, 3.63) is 35.8 Å². The first kappa shape index (κ1) is 26.7. The van der Waals surface area contributed by atoms with Gasteiger partial charge in [0.25, 0.3) is 5.88 Å². The Morgan fingerprint density at radius 1 is 1.19 bits per heavy atom. The summed E-state index contributed by atoms with van der Waals surface area (Å²) >= 11 is 1.51. The first-order valence-electron chi connectivity index (χ1n) is 12.8. The van der Waals surface area contributed by atoms with E-state index in [1.165, 1.54) is 30.1 Å². The van der Waals surface area contributed by atoms with Crippen molar-refractivity contribution in [3.63, 3.8) is 0 Å². The number of amides is 1. The van der Waals surface area contributed by atoms with Gasteiger partial charge in [-0.25, -0.2) is 9.51 Å². The van der Waals surface area contributed by atoms with Gasteiger partial charge in [0, 0.05) is 17.9 Å². The Morgan fingerprint density at radius 3 is 2.50 bits per heavy atom. The van der Waals surface area contributed by atoms with Crippen molar-refractivity contribution in [2.45, 2.75) is 89.3 Å². The number of rotatable bonds is 9. The first-order chi connectivity index (χ1) is 16.7. The summed E-state index contributed by atoms with van der Waals surface area (Å²) in [4.78, 5) is 19.3. The number of thioether (sulfide) groups is 1. The van der Waals surface area contributed by atoms with Crippen LogP contribution in [0.1, 0.15) is 72.8 Å². The van der Waals surface area contributed by atoms with E-state index in [1.807, 2.05) is 27.7 Å². The highest BCUT2D eigenvalue weighted by molar-refractivity contribution is 8.01. The number of aryl methyl sites for hydroxylation is 1. The molecule has 196 valence electrons. The van der Waals surface area contributed by atoms with E-state index in [1.54, 1.807) is 17.9 Å². The Kier molecular flexibility index (Phi) is 7.07. The summed E-state index contributed by atoms with van der Waals surface area (Å²) in [5, 5.41) is 12.6. The zero-order chi connectivity index (χ0) is 26.5. The third-order valence-electron chi connectivity index (χ3n) is 6.71. The lowest BCUT2D eigenvalue weighted by Gasteiger charge is -2.22. The molecular weight excluding hydrogens is 472 g/mol. The fourth-order valence-corrected chi connectivity index (χ4v) is 5.44. The van der Waals surface area contributed by atoms with Crippen molar-refractivity contribution >= 4 is 34.6 Å². The van der Waals surface area contributed by atoms with Gasteiger partial charge in [-0.15, -0.1) is 11.8 Å². The Hall–Kier alpha value is -2.32. The zero-order valence-electron chi connectivity index (χ0n) is 22.9. The van der Waals surface area contributed by atoms with Crippen LogP contribution >= 0.6 is 11.8 Å². The average molecular weight is 514 g/mol. The van der Waals surface area contributed by atoms with E-state index in [2.05, 4.69) is 48.9 Å². The van der Waals surface area contributed by atoms with Crippen LogP contribution < -0.4 is 10.1 Å². The van der Waals surface area contributed by atoms with Crippen LogP contribution in [0.15, 0.2) is 33.7 Å². The van der Waals surface area contributed by atoms with Crippen LogP contribution in [0.5, 0.6) is 0 Å². The number of hydrogen-bond acceptors (Lipinski definition) is 5. The third-order valence-corrected chi connectivity index (χ3v) is 7.90. The predicted molar refractivity (Wildman–Crippen MR) is 144 cm³/mol. The van der Waals surface area contributed by atoms with Crippen LogP contribution in [0.4, 0.5) is 5.88 Å². The highest BCUT2D eigenvalue weighted by atomic mass is 32.2. The van der Waals surface area contributed by atoms with Gasteiger partial charge in [-0.1, -0.05) is 20.8 Å². The van der Waals surface area contributed by atoms with Gasteiger partial charge >= 0.3 is 0 Å². The number of aromatic nitrogens is 3. The molecule has 0 bridgehead atoms. The molecule has 0 atom stereocenters. The Balaban J connectivity index is 1.53. The molecule has 1 aliphatic carbocycles. The maximum Gasteiger partial charge on any atom is 0.282 e. The highest BCUT2D eigenvalue weighted by Gasteiger charge is 2.35. The lowest BCUT2D eigenvalue weighted by Crippen LogP contribution is -2.39. The van der Waals surface area contributed by atoms with E-state index in [9.17, 15) is 9.90 Å². The third kappa shape index (κ3) is 5.97. The molecule has 36 heavy (non-hydrogen) atoms. The second kappa shape index (κ2) is 9.53. The number of imidazole rings is 1. The van der Waals surface area contributed by atoms with Gasteiger partial charge in [-0.05, 0) is 74.8 Å². The van der Waals surface area contributed by atoms with E-state index in [-0.39, 0.29) is 17.9 Å². The van der Waals surface area contributed by atoms with Crippen LogP contribution in [0.3, 0.4) is 0 Å². The molecule has 7 nitrogen and oxygen atoms in total. The van der Waals surface area contributed by atoms with Gasteiger partial charge in [0.1, 0.15) is 5.82 Å². The number of carbonyl (C=O) groups is 1. The van der Waals surface area contributed by atoms with E-state index >= 15 is 0 Å². The fraction of sp³-hybridized carbons (Fsp3) is 0.607. The van der Waals surface area contributed by atoms with Crippen LogP contribution in [0, 0.1) is 11.3 Å². The molecule has 0 aliphatic heterocycles. The number of anilines is 1. The minimum Gasteiger partial charge on any atom is -0.395 e. The minimum atomic E-state index is -0.740. The molecule has 1 aromatic carbocycles. The molecule has 1 saturated carbocycles. The molecule has 4 rings (SSSR count). The van der Waals surface area contributed by atoms with Crippen molar-refractivity contribution in [1.29, 1.82) is 0 Å². The van der Waals surface area contributed by atoms with Crippen molar-refractivity contribution in [1.82, 2.24) is 9.55 Å². The summed E-state index contributed by atoms with van der Waals surface area (Å²) in [7, 11) is 1.77. The Labute approximate surface area is 218 Å². The van der Waals surface area contributed by atoms with E-state index in [4.69, 9.17) is 9.51 Å². The van der Waals surface area contributed by atoms with Gasteiger partial charge in [0.05, 0.1) is 33.9 Å². The number of aliphatic hydroxyl groups is 1. The maximum absolute atomic E-state index is 13.2. The van der Waals surface area contributed by atoms with Crippen molar-refractivity contribution in [2.24, 2.45) is 18.4 Å². The fourth-order valence-electron chi connectivity index (χ4n) is 4.40. The van der Waals surface area contributed by atoms with E-state index in [0.717, 1.165) is 40.8 Å². The highest BCUT2D eigenvalue weighted by Crippen LogP contribution is 2.37. The largest absolute Gasteiger partial charge is 0.395 e. The average Bonchev–Trinajstić information content (AvgIpc) is 3.42. The van der Waals surface area contributed by atoms with Crippen molar-refractivity contribution in [3.8, 4) is 0 Å². The smallest absolute Gasteiger partial charge is 0.282 e. The van der Waals surface area contributed by atoms with Crippen LogP contribution in [0.2, 0.25) is 0 Å². The monoisotopic (exact) mass is 513 g/mol. The topological polar surface area (TPSA) is 84.2 Å². The predicted octanol–water partition coefficient (Wildman–Crippen LogP) is 5.23. The summed E-state index contributed by atoms with van der Waals surface area (Å²) in [5.74, 6) is 2.14. The Morgan fingerprint density at radius 2 is 1.89 bits per heavy atom. The zero-order valence-corrected chi connectivity index (χ0v) is 23.8. The van der Waals surface area contributed by atoms with Gasteiger partial charge in [0.2, 0.25) is 11.6 Å². The summed E-state index contributed by atoms with van der Waals surface area (Å²) in [5.41, 5.74) is 2.66. The molecule has 0 saturated heterocycles. The lowest BCUT2D eigenvalue weighted by molar-refractivity contribution is -0.850. The van der Waals surface area contributed by atoms with Gasteiger partial charge in [0.15, 0.2) is 7.05 Å². The van der Waals surface area contributed by atoms with Crippen molar-refractivity contribution < 1.29 is 19.2 Å². The summed E-state index contributed by atoms with van der Waals surface area (Å²) in [6.45, 7) is 15.5. The number of hydrogen-bond donors (Lipinski definition) is 2. The quantitative estimate of drug-likeness (QED) is 0.302. The number of nitrogens with one attached hydrogen (secondary N) is 1. The lowest BCUT2D eigenvalue weighted by atomic mass is 9.90. The van der Waals surface area contributed by atoms with Crippen LogP contribution in [-0.4, -0.2) is 31.9 Å². The van der Waals surface area contributed by atoms with Crippen LogP contribution in [-0.2, 0) is 30.2 Å². The normalized spacial score (nSPS) is 15.0. The Bertz CT molecular complexity index is 1260. The molecule has 2 heterocycles. The molecule has 0 unspecified atom stereocenters. The molecule has 0 radical (unpaired) electrons. The molecule has 2 aromatic heterocycles. The van der Waals surface area contributed by atoms with E-state index < -0.39 is 10.2 Å². The molecule has 2 N–H and O–H groups in total. The second-order valence-corrected chi connectivity index (χ2v) is 14.3. The molecule has 1 fully saturated rings. The number of carbonyl (C=O) groups excluding carboxylic acids is 1. The number of aliphatic hydroxyl groups excluding tert-OH is 1. The molecular formula is C28H41N4O3S+. The molecule has 3 aromatic rings. The van der Waals surface area contributed by atoms with Gasteiger partial charge in [-0.2, -0.15) is 0 Å². The minimum absolute atomic E-state index is 0.0224. The number of fused-ring (bicyclic) bond motifs is 1. The SMILES string of the molecule is C[n+]1oc(NC(=O)C(C)(C)Sc2ccc3c(c2)nc(CC(C)(C)C)n3CC2CC2)cc1C(C)(C)CO.